The van der Waals surface area contributed by atoms with Crippen molar-refractivity contribution >= 4 is 10.8 Å². The van der Waals surface area contributed by atoms with E-state index in [1.54, 1.807) is 6.26 Å². The summed E-state index contributed by atoms with van der Waals surface area (Å²) in [5.41, 5.74) is 0.220. The molecule has 0 saturated carbocycles. The quantitative estimate of drug-likeness (QED) is 0.705. The van der Waals surface area contributed by atoms with E-state index in [0.29, 0.717) is 0 Å². The van der Waals surface area contributed by atoms with Gasteiger partial charge in [-0.3, -0.25) is 9.11 Å². The molecule has 1 aliphatic heterocycles. The zero-order chi connectivity index (χ0) is 9.90. The third-order valence-electron chi connectivity index (χ3n) is 2.62. The van der Waals surface area contributed by atoms with Crippen molar-refractivity contribution in [2.45, 2.75) is 19.4 Å². The first-order valence-electron chi connectivity index (χ1n) is 4.78. The summed E-state index contributed by atoms with van der Waals surface area (Å²) in [7, 11) is -0.663. The van der Waals surface area contributed by atoms with Crippen molar-refractivity contribution in [3.63, 3.8) is 0 Å². The summed E-state index contributed by atoms with van der Waals surface area (Å²) >= 11 is 0. The number of hydrogen-bond donors (Lipinski definition) is 1. The van der Waals surface area contributed by atoms with E-state index < -0.39 is 10.8 Å². The minimum Gasteiger partial charge on any atom is -0.314 e. The largest absolute Gasteiger partial charge is 0.314 e. The summed E-state index contributed by atoms with van der Waals surface area (Å²) in [5, 5.41) is 3.38. The summed E-state index contributed by atoms with van der Waals surface area (Å²) < 4.78 is 11.0. The lowest BCUT2D eigenvalue weighted by Crippen LogP contribution is -2.58. The highest BCUT2D eigenvalue weighted by Crippen LogP contribution is 2.15. The second-order valence-corrected chi connectivity index (χ2v) is 5.81. The molecule has 0 aromatic carbocycles. The lowest BCUT2D eigenvalue weighted by molar-refractivity contribution is 0.0984. The van der Waals surface area contributed by atoms with Gasteiger partial charge in [0.2, 0.25) is 0 Å². The van der Waals surface area contributed by atoms with Crippen molar-refractivity contribution in [2.75, 3.05) is 38.2 Å². The van der Waals surface area contributed by atoms with E-state index in [-0.39, 0.29) is 5.54 Å². The molecule has 0 bridgehead atoms. The molecule has 1 rings (SSSR count). The van der Waals surface area contributed by atoms with Crippen molar-refractivity contribution in [3.8, 4) is 0 Å². The molecule has 1 N–H and O–H groups in total. The van der Waals surface area contributed by atoms with Gasteiger partial charge in [0.25, 0.3) is 0 Å². The SMILES string of the molecule is CS(=O)CCN1CCNCC1(C)C. The van der Waals surface area contributed by atoms with Gasteiger partial charge < -0.3 is 5.32 Å². The second kappa shape index (κ2) is 4.53. The number of hydrogen-bond acceptors (Lipinski definition) is 3. The molecule has 3 nitrogen and oxygen atoms in total. The standard InChI is InChI=1S/C9H20N2OS/c1-9(2)8-10-4-5-11(9)6-7-13(3)12/h10H,4-8H2,1-3H3. The Morgan fingerprint density at radius 1 is 1.54 bits per heavy atom. The molecule has 1 aliphatic rings. The van der Waals surface area contributed by atoms with Gasteiger partial charge in [-0.2, -0.15) is 0 Å². The first-order chi connectivity index (χ1) is 6.02. The van der Waals surface area contributed by atoms with Gasteiger partial charge in [0, 0.05) is 54.5 Å². The van der Waals surface area contributed by atoms with Crippen LogP contribution in [0.5, 0.6) is 0 Å². The van der Waals surface area contributed by atoms with E-state index in [1.165, 1.54) is 0 Å². The summed E-state index contributed by atoms with van der Waals surface area (Å²) in [6.07, 6.45) is 1.77. The maximum atomic E-state index is 11.0. The summed E-state index contributed by atoms with van der Waals surface area (Å²) in [6.45, 7) is 8.58. The minimum absolute atomic E-state index is 0.220. The molecule has 13 heavy (non-hydrogen) atoms. The fourth-order valence-corrected chi connectivity index (χ4v) is 2.15. The van der Waals surface area contributed by atoms with Crippen LogP contribution in [0.2, 0.25) is 0 Å². The zero-order valence-corrected chi connectivity index (χ0v) is 9.62. The fraction of sp³-hybridized carbons (Fsp3) is 1.00. The molecule has 0 aromatic heterocycles. The first kappa shape index (κ1) is 11.1. The summed E-state index contributed by atoms with van der Waals surface area (Å²) in [4.78, 5) is 2.42. The van der Waals surface area contributed by atoms with Crippen LogP contribution in [-0.2, 0) is 10.8 Å². The molecule has 1 unspecified atom stereocenters. The molecule has 0 aromatic rings. The molecule has 78 valence electrons. The molecule has 4 heteroatoms. The normalized spacial score (nSPS) is 25.8. The molecular weight excluding hydrogens is 184 g/mol. The highest BCUT2D eigenvalue weighted by Gasteiger charge is 2.28. The van der Waals surface area contributed by atoms with Gasteiger partial charge in [0.1, 0.15) is 0 Å². The van der Waals surface area contributed by atoms with Crippen LogP contribution in [0.3, 0.4) is 0 Å². The number of nitrogens with zero attached hydrogens (tertiary/aromatic N) is 1. The summed E-state index contributed by atoms with van der Waals surface area (Å²) in [6, 6.07) is 0. The van der Waals surface area contributed by atoms with E-state index in [1.807, 2.05) is 0 Å². The van der Waals surface area contributed by atoms with Crippen molar-refractivity contribution < 1.29 is 4.21 Å². The topological polar surface area (TPSA) is 32.3 Å². The highest BCUT2D eigenvalue weighted by molar-refractivity contribution is 7.84. The average molecular weight is 204 g/mol. The monoisotopic (exact) mass is 204 g/mol. The van der Waals surface area contributed by atoms with E-state index >= 15 is 0 Å². The van der Waals surface area contributed by atoms with Crippen LogP contribution >= 0.6 is 0 Å². The number of rotatable bonds is 3. The van der Waals surface area contributed by atoms with E-state index in [2.05, 4.69) is 24.1 Å². The number of nitrogens with one attached hydrogen (secondary N) is 1. The molecule has 1 atom stereocenters. The van der Waals surface area contributed by atoms with E-state index in [0.717, 1.165) is 31.9 Å². The molecule has 0 aliphatic carbocycles. The molecule has 0 spiro atoms. The molecular formula is C9H20N2OS. The Bertz CT molecular complexity index is 194. The van der Waals surface area contributed by atoms with Gasteiger partial charge in [-0.1, -0.05) is 0 Å². The predicted octanol–water partition coefficient (Wildman–Crippen LogP) is 0.0487. The van der Waals surface area contributed by atoms with Gasteiger partial charge in [0.05, 0.1) is 0 Å². The Morgan fingerprint density at radius 2 is 2.23 bits per heavy atom. The van der Waals surface area contributed by atoms with Gasteiger partial charge >= 0.3 is 0 Å². The summed E-state index contributed by atoms with van der Waals surface area (Å²) in [5.74, 6) is 0.795. The van der Waals surface area contributed by atoms with Crippen LogP contribution in [0.25, 0.3) is 0 Å². The Morgan fingerprint density at radius 3 is 2.77 bits per heavy atom. The minimum atomic E-state index is -0.663. The van der Waals surface area contributed by atoms with Crippen LogP contribution in [0.1, 0.15) is 13.8 Å². The molecule has 1 saturated heterocycles. The molecule has 1 fully saturated rings. The third kappa shape index (κ3) is 3.37. The van der Waals surface area contributed by atoms with Crippen LogP contribution in [0.15, 0.2) is 0 Å². The van der Waals surface area contributed by atoms with Crippen molar-refractivity contribution in [1.29, 1.82) is 0 Å². The fourth-order valence-electron chi connectivity index (χ4n) is 1.68. The molecule has 0 amide bonds. The number of piperazine rings is 1. The molecule has 0 radical (unpaired) electrons. The van der Waals surface area contributed by atoms with Crippen molar-refractivity contribution in [3.05, 3.63) is 0 Å². The van der Waals surface area contributed by atoms with Gasteiger partial charge in [-0.05, 0) is 13.8 Å². The first-order valence-corrected chi connectivity index (χ1v) is 6.51. The van der Waals surface area contributed by atoms with Gasteiger partial charge in [-0.25, -0.2) is 0 Å². The highest BCUT2D eigenvalue weighted by atomic mass is 32.2. The molecule has 1 heterocycles. The zero-order valence-electron chi connectivity index (χ0n) is 8.80. The Kier molecular flexibility index (Phi) is 3.88. The van der Waals surface area contributed by atoms with E-state index in [9.17, 15) is 4.21 Å². The van der Waals surface area contributed by atoms with Crippen molar-refractivity contribution in [1.82, 2.24) is 10.2 Å². The lowest BCUT2D eigenvalue weighted by Gasteiger charge is -2.42. The second-order valence-electron chi connectivity index (χ2n) is 4.25. The predicted molar refractivity (Wildman–Crippen MR) is 57.5 cm³/mol. The maximum Gasteiger partial charge on any atom is 0.0359 e. The third-order valence-corrected chi connectivity index (χ3v) is 3.38. The lowest BCUT2D eigenvalue weighted by atomic mass is 10.0. The average Bonchev–Trinajstić information content (AvgIpc) is 2.01. The Balaban J connectivity index is 2.41. The smallest absolute Gasteiger partial charge is 0.0359 e. The maximum absolute atomic E-state index is 11.0. The Hall–Kier alpha value is 0.0700. The van der Waals surface area contributed by atoms with Gasteiger partial charge in [0.15, 0.2) is 0 Å². The van der Waals surface area contributed by atoms with Crippen LogP contribution in [0, 0.1) is 0 Å². The van der Waals surface area contributed by atoms with Gasteiger partial charge in [-0.15, -0.1) is 0 Å². The van der Waals surface area contributed by atoms with Crippen LogP contribution in [-0.4, -0.2) is 52.8 Å². The van der Waals surface area contributed by atoms with E-state index in [4.69, 9.17) is 0 Å². The van der Waals surface area contributed by atoms with Crippen molar-refractivity contribution in [2.24, 2.45) is 0 Å². The van der Waals surface area contributed by atoms with Crippen LogP contribution < -0.4 is 5.32 Å². The van der Waals surface area contributed by atoms with Crippen LogP contribution in [0.4, 0.5) is 0 Å². The Labute approximate surface area is 83.3 Å².